The van der Waals surface area contributed by atoms with Gasteiger partial charge in [-0.15, -0.1) is 0 Å². The van der Waals surface area contributed by atoms with Crippen LogP contribution in [0.5, 0.6) is 0 Å². The average molecular weight is 473 g/mol. The van der Waals surface area contributed by atoms with Crippen LogP contribution in [0, 0.1) is 0 Å². The minimum atomic E-state index is -0.355. The van der Waals surface area contributed by atoms with Gasteiger partial charge in [0.15, 0.2) is 0 Å². The fourth-order valence-electron chi connectivity index (χ4n) is 5.31. The molecule has 0 heterocycles. The zero-order valence-electron chi connectivity index (χ0n) is 17.5. The van der Waals surface area contributed by atoms with Gasteiger partial charge < -0.3 is 0 Å². The van der Waals surface area contributed by atoms with E-state index in [9.17, 15) is 0 Å². The SMILES string of the molecule is Brc1ccccc1-c1ccc2c(c1)C(c1ccccc1)(c1ccccc1)c1ccccc1-2. The van der Waals surface area contributed by atoms with E-state index in [-0.39, 0.29) is 5.41 Å². The van der Waals surface area contributed by atoms with Crippen molar-refractivity contribution in [1.82, 2.24) is 0 Å². The zero-order valence-corrected chi connectivity index (χ0v) is 19.1. The third-order valence-corrected chi connectivity index (χ3v) is 7.33. The van der Waals surface area contributed by atoms with E-state index in [1.165, 1.54) is 44.5 Å². The summed E-state index contributed by atoms with van der Waals surface area (Å²) in [6.07, 6.45) is 0. The Balaban J connectivity index is 1.74. The number of hydrogen-bond donors (Lipinski definition) is 0. The van der Waals surface area contributed by atoms with Crippen LogP contribution in [0.2, 0.25) is 0 Å². The van der Waals surface area contributed by atoms with Gasteiger partial charge in [0.2, 0.25) is 0 Å². The van der Waals surface area contributed by atoms with Gasteiger partial charge in [0, 0.05) is 4.47 Å². The molecule has 32 heavy (non-hydrogen) atoms. The number of rotatable bonds is 3. The average Bonchev–Trinajstić information content (AvgIpc) is 3.16. The Bertz CT molecular complexity index is 1380. The molecule has 0 aliphatic heterocycles. The monoisotopic (exact) mass is 472 g/mol. The highest BCUT2D eigenvalue weighted by atomic mass is 79.9. The van der Waals surface area contributed by atoms with E-state index in [1.54, 1.807) is 0 Å². The molecule has 0 saturated heterocycles. The summed E-state index contributed by atoms with van der Waals surface area (Å²) in [6.45, 7) is 0. The van der Waals surface area contributed by atoms with E-state index in [0.717, 1.165) is 4.47 Å². The molecule has 5 aromatic rings. The van der Waals surface area contributed by atoms with Crippen molar-refractivity contribution in [1.29, 1.82) is 0 Å². The van der Waals surface area contributed by atoms with E-state index >= 15 is 0 Å². The normalized spacial score (nSPS) is 13.4. The van der Waals surface area contributed by atoms with Gasteiger partial charge in [-0.05, 0) is 56.6 Å². The molecule has 1 aliphatic carbocycles. The molecule has 0 nitrogen and oxygen atoms in total. The van der Waals surface area contributed by atoms with Gasteiger partial charge in [-0.3, -0.25) is 0 Å². The van der Waals surface area contributed by atoms with Crippen molar-refractivity contribution < 1.29 is 0 Å². The molecule has 0 amide bonds. The van der Waals surface area contributed by atoms with Crippen molar-refractivity contribution in [3.05, 3.63) is 154 Å². The molecule has 0 atom stereocenters. The molecule has 0 saturated carbocycles. The lowest BCUT2D eigenvalue weighted by atomic mass is 9.67. The maximum atomic E-state index is 3.76. The maximum Gasteiger partial charge on any atom is 0.0713 e. The Hall–Kier alpha value is -3.42. The first-order valence-electron chi connectivity index (χ1n) is 10.9. The summed E-state index contributed by atoms with van der Waals surface area (Å²) in [5.41, 5.74) is 9.97. The smallest absolute Gasteiger partial charge is 0.0622 e. The molecule has 0 bridgehead atoms. The van der Waals surface area contributed by atoms with Gasteiger partial charge >= 0.3 is 0 Å². The summed E-state index contributed by atoms with van der Waals surface area (Å²) in [6, 6.07) is 46.2. The first-order chi connectivity index (χ1) is 15.8. The first-order valence-corrected chi connectivity index (χ1v) is 11.7. The second-order valence-electron chi connectivity index (χ2n) is 8.27. The fourth-order valence-corrected chi connectivity index (χ4v) is 5.82. The van der Waals surface area contributed by atoms with E-state index in [2.05, 4.69) is 143 Å². The predicted molar refractivity (Wildman–Crippen MR) is 137 cm³/mol. The minimum Gasteiger partial charge on any atom is -0.0622 e. The van der Waals surface area contributed by atoms with E-state index in [4.69, 9.17) is 0 Å². The summed E-state index contributed by atoms with van der Waals surface area (Å²) in [5.74, 6) is 0. The molecule has 1 heteroatoms. The molecular weight excluding hydrogens is 452 g/mol. The van der Waals surface area contributed by atoms with Gasteiger partial charge in [-0.1, -0.05) is 131 Å². The molecule has 0 fully saturated rings. The van der Waals surface area contributed by atoms with Crippen molar-refractivity contribution in [2.24, 2.45) is 0 Å². The van der Waals surface area contributed by atoms with E-state index in [0.29, 0.717) is 0 Å². The zero-order chi connectivity index (χ0) is 21.5. The van der Waals surface area contributed by atoms with Crippen LogP contribution in [0.25, 0.3) is 22.3 Å². The van der Waals surface area contributed by atoms with Crippen LogP contribution < -0.4 is 0 Å². The third kappa shape index (κ3) is 2.75. The molecule has 0 radical (unpaired) electrons. The van der Waals surface area contributed by atoms with Crippen molar-refractivity contribution in [3.8, 4) is 22.3 Å². The summed E-state index contributed by atoms with van der Waals surface area (Å²) in [5, 5.41) is 0. The summed E-state index contributed by atoms with van der Waals surface area (Å²) in [4.78, 5) is 0. The molecule has 0 spiro atoms. The second-order valence-corrected chi connectivity index (χ2v) is 9.12. The maximum absolute atomic E-state index is 3.76. The van der Waals surface area contributed by atoms with Crippen molar-refractivity contribution in [2.75, 3.05) is 0 Å². The Kier molecular flexibility index (Phi) is 4.59. The number of hydrogen-bond acceptors (Lipinski definition) is 0. The number of fused-ring (bicyclic) bond motifs is 3. The molecule has 0 unspecified atom stereocenters. The van der Waals surface area contributed by atoms with E-state index in [1.807, 2.05) is 0 Å². The first kappa shape index (κ1) is 19.3. The topological polar surface area (TPSA) is 0 Å². The Morgan fingerprint density at radius 2 is 0.969 bits per heavy atom. The molecule has 6 rings (SSSR count). The van der Waals surface area contributed by atoms with Crippen LogP contribution in [0.3, 0.4) is 0 Å². The van der Waals surface area contributed by atoms with Gasteiger partial charge in [-0.25, -0.2) is 0 Å². The fraction of sp³-hybridized carbons (Fsp3) is 0.0323. The molecule has 0 aromatic heterocycles. The van der Waals surface area contributed by atoms with Gasteiger partial charge in [-0.2, -0.15) is 0 Å². The Labute approximate surface area is 197 Å². The Morgan fingerprint density at radius 1 is 0.438 bits per heavy atom. The van der Waals surface area contributed by atoms with Crippen LogP contribution in [0.1, 0.15) is 22.3 Å². The van der Waals surface area contributed by atoms with Gasteiger partial charge in [0.25, 0.3) is 0 Å². The van der Waals surface area contributed by atoms with Crippen LogP contribution in [-0.2, 0) is 5.41 Å². The summed E-state index contributed by atoms with van der Waals surface area (Å²) < 4.78 is 1.11. The molecule has 1 aliphatic rings. The standard InChI is InChI=1S/C31H21Br/c32-30-18-10-8-15-25(30)22-19-20-27-26-16-7-9-17-28(26)31(29(27)21-22,23-11-3-1-4-12-23)24-13-5-2-6-14-24/h1-21H. The second kappa shape index (κ2) is 7.62. The quantitative estimate of drug-likeness (QED) is 0.242. The van der Waals surface area contributed by atoms with E-state index < -0.39 is 0 Å². The highest BCUT2D eigenvalue weighted by molar-refractivity contribution is 9.10. The highest BCUT2D eigenvalue weighted by Gasteiger charge is 2.45. The number of halogens is 1. The van der Waals surface area contributed by atoms with Crippen LogP contribution in [0.4, 0.5) is 0 Å². The predicted octanol–water partition coefficient (Wildman–Crippen LogP) is 8.48. The van der Waals surface area contributed by atoms with Crippen molar-refractivity contribution in [2.45, 2.75) is 5.41 Å². The lowest BCUT2D eigenvalue weighted by Crippen LogP contribution is -2.28. The van der Waals surface area contributed by atoms with Crippen molar-refractivity contribution >= 4 is 15.9 Å². The molecule has 5 aromatic carbocycles. The lowest BCUT2D eigenvalue weighted by molar-refractivity contribution is 0.769. The van der Waals surface area contributed by atoms with Crippen LogP contribution >= 0.6 is 15.9 Å². The largest absolute Gasteiger partial charge is 0.0713 e. The van der Waals surface area contributed by atoms with Gasteiger partial charge in [0.1, 0.15) is 0 Å². The van der Waals surface area contributed by atoms with Gasteiger partial charge in [0.05, 0.1) is 5.41 Å². The summed E-state index contributed by atoms with van der Waals surface area (Å²) >= 11 is 3.76. The Morgan fingerprint density at radius 3 is 1.62 bits per heavy atom. The number of benzene rings is 5. The molecule has 152 valence electrons. The van der Waals surface area contributed by atoms with Crippen molar-refractivity contribution in [3.63, 3.8) is 0 Å². The highest BCUT2D eigenvalue weighted by Crippen LogP contribution is 2.56. The third-order valence-electron chi connectivity index (χ3n) is 6.64. The van der Waals surface area contributed by atoms with Crippen LogP contribution in [-0.4, -0.2) is 0 Å². The minimum absolute atomic E-state index is 0.355. The summed E-state index contributed by atoms with van der Waals surface area (Å²) in [7, 11) is 0. The molecular formula is C31H21Br. The van der Waals surface area contributed by atoms with Crippen LogP contribution in [0.15, 0.2) is 132 Å². The molecule has 0 N–H and O–H groups in total. The lowest BCUT2D eigenvalue weighted by Gasteiger charge is -2.34.